The monoisotopic (exact) mass is 485 g/mol. The summed E-state index contributed by atoms with van der Waals surface area (Å²) in [6.07, 6.45) is 4.18. The number of benzene rings is 3. The molecule has 5 rings (SSSR count). The summed E-state index contributed by atoms with van der Waals surface area (Å²) < 4.78 is 27.2. The molecule has 2 aliphatic rings. The fourth-order valence-corrected chi connectivity index (χ4v) is 5.62. The molecule has 0 bridgehead atoms. The predicted molar refractivity (Wildman–Crippen MR) is 137 cm³/mol. The zero-order valence-corrected chi connectivity index (χ0v) is 20.4. The van der Waals surface area contributed by atoms with Crippen LogP contribution in [0.25, 0.3) is 11.1 Å². The van der Waals surface area contributed by atoms with Crippen molar-refractivity contribution in [2.75, 3.05) is 24.5 Å². The number of hydrogen-bond acceptors (Lipinski definition) is 2. The average molecular weight is 486 g/mol. The molecule has 6 heteroatoms. The first-order valence-corrected chi connectivity index (χ1v) is 12.5. The first kappa shape index (κ1) is 24.0. The van der Waals surface area contributed by atoms with Crippen molar-refractivity contribution < 1.29 is 13.6 Å². The van der Waals surface area contributed by atoms with E-state index >= 15 is 0 Å². The normalized spacial score (nSPS) is 22.1. The minimum absolute atomic E-state index is 0.154. The van der Waals surface area contributed by atoms with E-state index in [1.165, 1.54) is 16.5 Å². The van der Waals surface area contributed by atoms with Gasteiger partial charge in [-0.05, 0) is 72.6 Å². The van der Waals surface area contributed by atoms with E-state index in [4.69, 9.17) is 0 Å². The van der Waals surface area contributed by atoms with Crippen molar-refractivity contribution in [2.24, 2.45) is 5.92 Å². The Morgan fingerprint density at radius 1 is 0.944 bits per heavy atom. The van der Waals surface area contributed by atoms with Crippen LogP contribution in [0.5, 0.6) is 0 Å². The molecule has 4 nitrogen and oxygen atoms in total. The second-order valence-electron chi connectivity index (χ2n) is 10.2. The van der Waals surface area contributed by atoms with Crippen LogP contribution in [0.3, 0.4) is 0 Å². The fourth-order valence-electron chi connectivity index (χ4n) is 5.62. The highest BCUT2D eigenvalue weighted by atomic mass is 19.2. The van der Waals surface area contributed by atoms with E-state index in [9.17, 15) is 18.8 Å². The molecule has 0 atom stereocenters. The van der Waals surface area contributed by atoms with Gasteiger partial charge in [0, 0.05) is 36.8 Å². The second kappa shape index (κ2) is 9.73. The summed E-state index contributed by atoms with van der Waals surface area (Å²) in [5.41, 5.74) is 4.14. The molecule has 0 aromatic heterocycles. The summed E-state index contributed by atoms with van der Waals surface area (Å²) in [4.78, 5) is 16.7. The number of nitrogens with zero attached hydrogens (tertiary/aromatic N) is 3. The van der Waals surface area contributed by atoms with Gasteiger partial charge in [-0.25, -0.2) is 13.6 Å². The van der Waals surface area contributed by atoms with Gasteiger partial charge in [0.05, 0.1) is 11.6 Å². The largest absolute Gasteiger partial charge is 0.324 e. The van der Waals surface area contributed by atoms with Gasteiger partial charge in [0.25, 0.3) is 0 Å². The molecule has 2 fully saturated rings. The van der Waals surface area contributed by atoms with Crippen LogP contribution in [0.15, 0.2) is 66.7 Å². The molecule has 3 aromatic rings. The lowest BCUT2D eigenvalue weighted by atomic mass is 9.66. The van der Waals surface area contributed by atoms with E-state index in [0.717, 1.165) is 48.9 Å². The van der Waals surface area contributed by atoms with Crippen LogP contribution in [-0.2, 0) is 5.41 Å². The van der Waals surface area contributed by atoms with Crippen molar-refractivity contribution in [3.05, 3.63) is 89.5 Å². The highest BCUT2D eigenvalue weighted by Crippen LogP contribution is 2.43. The number of anilines is 1. The van der Waals surface area contributed by atoms with E-state index in [-0.39, 0.29) is 11.4 Å². The number of carbonyl (C=O) groups is 1. The molecule has 0 radical (unpaired) electrons. The van der Waals surface area contributed by atoms with Crippen LogP contribution in [0.4, 0.5) is 19.3 Å². The van der Waals surface area contributed by atoms with E-state index in [1.807, 2.05) is 23.1 Å². The van der Waals surface area contributed by atoms with Gasteiger partial charge < -0.3 is 4.90 Å². The lowest BCUT2D eigenvalue weighted by Crippen LogP contribution is -2.45. The highest BCUT2D eigenvalue weighted by Gasteiger charge is 2.41. The van der Waals surface area contributed by atoms with Crippen LogP contribution in [0, 0.1) is 28.9 Å². The summed E-state index contributed by atoms with van der Waals surface area (Å²) in [5.74, 6) is -1.21. The third kappa shape index (κ3) is 4.58. The molecule has 1 aliphatic heterocycles. The number of carbonyl (C=O) groups excluding carboxylic acids is 1. The van der Waals surface area contributed by atoms with Crippen LogP contribution in [-0.4, -0.2) is 30.6 Å². The first-order valence-electron chi connectivity index (χ1n) is 12.5. The van der Waals surface area contributed by atoms with Gasteiger partial charge in [0.2, 0.25) is 0 Å². The Labute approximate surface area is 210 Å². The summed E-state index contributed by atoms with van der Waals surface area (Å²) in [6.45, 7) is 3.88. The Kier molecular flexibility index (Phi) is 6.49. The number of nitriles is 1. The third-order valence-corrected chi connectivity index (χ3v) is 7.86. The molecule has 1 heterocycles. The fraction of sp³-hybridized carbons (Fsp3) is 0.333. The molecule has 1 saturated carbocycles. The third-order valence-electron chi connectivity index (χ3n) is 7.86. The maximum atomic E-state index is 13.8. The predicted octanol–water partition coefficient (Wildman–Crippen LogP) is 6.89. The van der Waals surface area contributed by atoms with Crippen LogP contribution >= 0.6 is 0 Å². The van der Waals surface area contributed by atoms with Gasteiger partial charge in [0.15, 0.2) is 11.6 Å². The lowest BCUT2D eigenvalue weighted by Gasteiger charge is -2.42. The van der Waals surface area contributed by atoms with Crippen molar-refractivity contribution >= 4 is 11.7 Å². The van der Waals surface area contributed by atoms with E-state index in [2.05, 4.69) is 37.3 Å². The zero-order chi connectivity index (χ0) is 25.3. The standard InChI is InChI=1S/C30H29F2N3O/c1-21-11-13-30(14-12-21,25-7-5-23(6-8-25)24-4-2-3-22(17-24)19-33)20-34-15-16-35(29(34)36)26-9-10-27(31)28(32)18-26/h2-10,17-18,21H,11-16,20H2,1H3. The Morgan fingerprint density at radius 3 is 2.39 bits per heavy atom. The maximum Gasteiger partial charge on any atom is 0.324 e. The SMILES string of the molecule is CC1CCC(CN2CCN(c3ccc(F)c(F)c3)C2=O)(c2ccc(-c3cccc(C#N)c3)cc2)CC1. The second-order valence-corrected chi connectivity index (χ2v) is 10.2. The summed E-state index contributed by atoms with van der Waals surface area (Å²) in [6, 6.07) is 21.8. The first-order chi connectivity index (χ1) is 17.4. The number of halogens is 2. The quantitative estimate of drug-likeness (QED) is 0.395. The minimum atomic E-state index is -0.947. The maximum absolute atomic E-state index is 13.8. The Balaban J connectivity index is 1.40. The molecular formula is C30H29F2N3O. The number of urea groups is 1. The van der Waals surface area contributed by atoms with Crippen LogP contribution in [0.2, 0.25) is 0 Å². The van der Waals surface area contributed by atoms with E-state index < -0.39 is 11.6 Å². The van der Waals surface area contributed by atoms with Crippen molar-refractivity contribution in [2.45, 2.75) is 38.0 Å². The summed E-state index contributed by atoms with van der Waals surface area (Å²) in [7, 11) is 0. The van der Waals surface area contributed by atoms with Crippen LogP contribution < -0.4 is 4.90 Å². The average Bonchev–Trinajstić information content (AvgIpc) is 3.26. The molecule has 0 N–H and O–H groups in total. The summed E-state index contributed by atoms with van der Waals surface area (Å²) in [5, 5.41) is 9.23. The number of hydrogen-bond donors (Lipinski definition) is 0. The van der Waals surface area contributed by atoms with E-state index in [1.54, 1.807) is 6.07 Å². The van der Waals surface area contributed by atoms with Gasteiger partial charge in [-0.2, -0.15) is 5.26 Å². The molecule has 36 heavy (non-hydrogen) atoms. The molecule has 1 aliphatic carbocycles. The van der Waals surface area contributed by atoms with Gasteiger partial charge in [-0.15, -0.1) is 0 Å². The Hall–Kier alpha value is -3.72. The molecule has 1 saturated heterocycles. The van der Waals surface area contributed by atoms with Crippen molar-refractivity contribution in [1.82, 2.24) is 4.90 Å². The topological polar surface area (TPSA) is 47.3 Å². The molecular weight excluding hydrogens is 456 g/mol. The van der Waals surface area contributed by atoms with Crippen molar-refractivity contribution in [1.29, 1.82) is 5.26 Å². The van der Waals surface area contributed by atoms with Gasteiger partial charge in [0.1, 0.15) is 0 Å². The lowest BCUT2D eigenvalue weighted by molar-refractivity contribution is 0.170. The summed E-state index contributed by atoms with van der Waals surface area (Å²) >= 11 is 0. The molecule has 184 valence electrons. The van der Waals surface area contributed by atoms with Crippen LogP contribution in [0.1, 0.15) is 43.7 Å². The Morgan fingerprint density at radius 2 is 1.69 bits per heavy atom. The minimum Gasteiger partial charge on any atom is -0.322 e. The molecule has 0 unspecified atom stereocenters. The molecule has 2 amide bonds. The smallest absolute Gasteiger partial charge is 0.322 e. The molecule has 3 aromatic carbocycles. The molecule has 0 spiro atoms. The Bertz CT molecular complexity index is 1310. The van der Waals surface area contributed by atoms with Gasteiger partial charge in [-0.3, -0.25) is 4.90 Å². The van der Waals surface area contributed by atoms with Crippen molar-refractivity contribution in [3.63, 3.8) is 0 Å². The van der Waals surface area contributed by atoms with Crippen molar-refractivity contribution in [3.8, 4) is 17.2 Å². The van der Waals surface area contributed by atoms with Gasteiger partial charge >= 0.3 is 6.03 Å². The zero-order valence-electron chi connectivity index (χ0n) is 20.4. The number of rotatable bonds is 5. The highest BCUT2D eigenvalue weighted by molar-refractivity contribution is 5.94. The van der Waals surface area contributed by atoms with E-state index in [0.29, 0.717) is 36.8 Å². The number of amides is 2. The van der Waals surface area contributed by atoms with Gasteiger partial charge in [-0.1, -0.05) is 43.3 Å².